The van der Waals surface area contributed by atoms with E-state index in [1.807, 2.05) is 13.0 Å². The van der Waals surface area contributed by atoms with Crippen LogP contribution in [0.5, 0.6) is 5.75 Å². The van der Waals surface area contributed by atoms with Gasteiger partial charge in [-0.05, 0) is 61.4 Å². The van der Waals surface area contributed by atoms with Gasteiger partial charge in [0.2, 0.25) is 0 Å². The molecule has 28 heavy (non-hydrogen) atoms. The van der Waals surface area contributed by atoms with Crippen LogP contribution < -0.4 is 10.1 Å². The number of esters is 1. The van der Waals surface area contributed by atoms with E-state index in [0.717, 1.165) is 5.56 Å². The van der Waals surface area contributed by atoms with E-state index in [4.69, 9.17) is 21.1 Å². The van der Waals surface area contributed by atoms with Crippen molar-refractivity contribution < 1.29 is 19.1 Å². The highest BCUT2D eigenvalue weighted by Gasteiger charge is 2.11. The highest BCUT2D eigenvalue weighted by molar-refractivity contribution is 6.30. The summed E-state index contributed by atoms with van der Waals surface area (Å²) in [5.74, 6) is -0.493. The predicted octanol–water partition coefficient (Wildman–Crippen LogP) is 4.14. The predicted molar refractivity (Wildman–Crippen MR) is 107 cm³/mol. The van der Waals surface area contributed by atoms with E-state index in [1.54, 1.807) is 49.4 Å². The summed E-state index contributed by atoms with van der Waals surface area (Å²) in [6, 6.07) is 13.6. The molecule has 6 nitrogen and oxygen atoms in total. The molecule has 1 N–H and O–H groups in total. The number of nitrogens with zero attached hydrogens (tertiary/aromatic N) is 1. The van der Waals surface area contributed by atoms with Crippen molar-refractivity contribution in [3.63, 3.8) is 0 Å². The zero-order valence-electron chi connectivity index (χ0n) is 15.5. The molecule has 0 atom stereocenters. The Kier molecular flexibility index (Phi) is 7.61. The maximum Gasteiger partial charge on any atom is 0.344 e. The maximum atomic E-state index is 12.4. The van der Waals surface area contributed by atoms with E-state index >= 15 is 0 Å². The van der Waals surface area contributed by atoms with Crippen LogP contribution in [0.4, 0.5) is 5.69 Å². The van der Waals surface area contributed by atoms with Crippen LogP contribution in [0.1, 0.15) is 18.1 Å². The van der Waals surface area contributed by atoms with Crippen LogP contribution in [0.15, 0.2) is 48.0 Å². The summed E-state index contributed by atoms with van der Waals surface area (Å²) in [5.41, 5.74) is 1.97. The number of ether oxygens (including phenoxy) is 2. The van der Waals surface area contributed by atoms with Gasteiger partial charge in [-0.25, -0.2) is 4.79 Å². The number of hydrogen-bond donors (Lipinski definition) is 1. The van der Waals surface area contributed by atoms with E-state index in [2.05, 4.69) is 5.32 Å². The molecule has 0 bridgehead atoms. The number of nitrogens with one attached hydrogen (secondary N) is 1. The molecule has 0 aliphatic carbocycles. The minimum absolute atomic E-state index is 0.0467. The summed E-state index contributed by atoms with van der Waals surface area (Å²) in [4.78, 5) is 23.7. The molecular formula is C21H19ClN2O4. The lowest BCUT2D eigenvalue weighted by atomic mass is 10.1. The van der Waals surface area contributed by atoms with Gasteiger partial charge in [-0.1, -0.05) is 23.7 Å². The minimum Gasteiger partial charge on any atom is -0.482 e. The van der Waals surface area contributed by atoms with Crippen LogP contribution in [-0.4, -0.2) is 25.1 Å². The Bertz CT molecular complexity index is 930. The Hall–Kier alpha value is -3.30. The number of hydrogen-bond acceptors (Lipinski definition) is 5. The van der Waals surface area contributed by atoms with Gasteiger partial charge in [-0.15, -0.1) is 0 Å². The second-order valence-corrected chi connectivity index (χ2v) is 6.18. The van der Waals surface area contributed by atoms with Gasteiger partial charge in [0.05, 0.1) is 6.61 Å². The first-order valence-electron chi connectivity index (χ1n) is 8.50. The zero-order valence-corrected chi connectivity index (χ0v) is 16.2. The highest BCUT2D eigenvalue weighted by atomic mass is 35.5. The topological polar surface area (TPSA) is 88.4 Å². The number of benzene rings is 2. The van der Waals surface area contributed by atoms with Gasteiger partial charge >= 0.3 is 5.97 Å². The summed E-state index contributed by atoms with van der Waals surface area (Å²) in [7, 11) is 0. The van der Waals surface area contributed by atoms with Crippen LogP contribution >= 0.6 is 11.6 Å². The van der Waals surface area contributed by atoms with Crippen molar-refractivity contribution in [2.45, 2.75) is 13.8 Å². The van der Waals surface area contributed by atoms with Gasteiger partial charge in [-0.3, -0.25) is 4.79 Å². The number of aryl methyl sites for hydroxylation is 1. The van der Waals surface area contributed by atoms with Crippen molar-refractivity contribution >= 4 is 35.2 Å². The Labute approximate surface area is 168 Å². The van der Waals surface area contributed by atoms with Crippen LogP contribution in [0.3, 0.4) is 0 Å². The molecule has 7 heteroatoms. The van der Waals surface area contributed by atoms with Gasteiger partial charge in [0.25, 0.3) is 5.91 Å². The standard InChI is InChI=1S/C21H19ClN2O4/c1-3-27-20(25)13-28-18-7-4-15(5-8-18)11-16(12-23)21(26)24-19-9-6-17(22)10-14(19)2/h4-11H,3,13H2,1-2H3,(H,24,26)/b16-11+. The minimum atomic E-state index is -0.518. The van der Waals surface area contributed by atoms with E-state index in [9.17, 15) is 14.9 Å². The van der Waals surface area contributed by atoms with Crippen molar-refractivity contribution in [3.8, 4) is 11.8 Å². The number of halogens is 1. The molecular weight excluding hydrogens is 380 g/mol. The lowest BCUT2D eigenvalue weighted by molar-refractivity contribution is -0.145. The first-order chi connectivity index (χ1) is 13.4. The SMILES string of the molecule is CCOC(=O)COc1ccc(/C=C(\C#N)C(=O)Nc2ccc(Cl)cc2C)cc1. The molecule has 0 aliphatic rings. The molecule has 2 rings (SSSR count). The molecule has 0 heterocycles. The van der Waals surface area contributed by atoms with Crippen molar-refractivity contribution in [3.05, 3.63) is 64.2 Å². The molecule has 2 aromatic carbocycles. The monoisotopic (exact) mass is 398 g/mol. The lowest BCUT2D eigenvalue weighted by Gasteiger charge is -2.08. The van der Waals surface area contributed by atoms with Crippen molar-refractivity contribution in [2.24, 2.45) is 0 Å². The third kappa shape index (κ3) is 6.15. The molecule has 0 radical (unpaired) electrons. The molecule has 0 saturated carbocycles. The van der Waals surface area contributed by atoms with Gasteiger partial charge in [-0.2, -0.15) is 5.26 Å². The van der Waals surface area contributed by atoms with Crippen LogP contribution in [0, 0.1) is 18.3 Å². The molecule has 0 unspecified atom stereocenters. The smallest absolute Gasteiger partial charge is 0.344 e. The number of nitriles is 1. The van der Waals surface area contributed by atoms with Crippen LogP contribution in [0.2, 0.25) is 5.02 Å². The maximum absolute atomic E-state index is 12.4. The fraction of sp³-hybridized carbons (Fsp3) is 0.190. The molecule has 0 aromatic heterocycles. The number of anilines is 1. The first-order valence-corrected chi connectivity index (χ1v) is 8.88. The summed E-state index contributed by atoms with van der Waals surface area (Å²) < 4.78 is 10.1. The van der Waals surface area contributed by atoms with E-state index in [1.165, 1.54) is 6.08 Å². The normalized spacial score (nSPS) is 10.7. The second kappa shape index (κ2) is 10.1. The highest BCUT2D eigenvalue weighted by Crippen LogP contribution is 2.21. The zero-order chi connectivity index (χ0) is 20.5. The fourth-order valence-corrected chi connectivity index (χ4v) is 2.50. The number of carbonyl (C=O) groups is 2. The van der Waals surface area contributed by atoms with E-state index in [0.29, 0.717) is 28.6 Å². The lowest BCUT2D eigenvalue weighted by Crippen LogP contribution is -2.14. The van der Waals surface area contributed by atoms with Crippen molar-refractivity contribution in [1.82, 2.24) is 0 Å². The Morgan fingerprint density at radius 1 is 1.21 bits per heavy atom. The van der Waals surface area contributed by atoms with Gasteiger partial charge in [0.15, 0.2) is 6.61 Å². The number of amides is 1. The molecule has 0 saturated heterocycles. The first kappa shape index (κ1) is 21.0. The molecule has 0 aliphatic heterocycles. The van der Waals surface area contributed by atoms with Gasteiger partial charge in [0.1, 0.15) is 17.4 Å². The third-order valence-corrected chi connectivity index (χ3v) is 3.89. The third-order valence-electron chi connectivity index (χ3n) is 3.65. The average Bonchev–Trinajstić information content (AvgIpc) is 2.67. The number of carbonyl (C=O) groups excluding carboxylic acids is 2. The molecule has 2 aromatic rings. The molecule has 144 valence electrons. The number of rotatable bonds is 7. The average molecular weight is 399 g/mol. The van der Waals surface area contributed by atoms with Gasteiger partial charge < -0.3 is 14.8 Å². The van der Waals surface area contributed by atoms with Crippen LogP contribution in [-0.2, 0) is 14.3 Å². The fourth-order valence-electron chi connectivity index (χ4n) is 2.28. The second-order valence-electron chi connectivity index (χ2n) is 5.75. The molecule has 0 spiro atoms. The summed E-state index contributed by atoms with van der Waals surface area (Å²) in [6.45, 7) is 3.64. The Morgan fingerprint density at radius 3 is 2.54 bits per heavy atom. The summed E-state index contributed by atoms with van der Waals surface area (Å²) >= 11 is 5.91. The summed E-state index contributed by atoms with van der Waals surface area (Å²) in [5, 5.41) is 12.6. The Balaban J connectivity index is 2.05. The molecule has 0 fully saturated rings. The molecule has 1 amide bonds. The summed E-state index contributed by atoms with van der Waals surface area (Å²) in [6.07, 6.45) is 1.47. The largest absolute Gasteiger partial charge is 0.482 e. The quantitative estimate of drug-likeness (QED) is 0.430. The van der Waals surface area contributed by atoms with Crippen LogP contribution in [0.25, 0.3) is 6.08 Å². The van der Waals surface area contributed by atoms with Crippen molar-refractivity contribution in [1.29, 1.82) is 5.26 Å². The van der Waals surface area contributed by atoms with Gasteiger partial charge in [0, 0.05) is 10.7 Å². The van der Waals surface area contributed by atoms with E-state index in [-0.39, 0.29) is 12.2 Å². The van der Waals surface area contributed by atoms with Crippen molar-refractivity contribution in [2.75, 3.05) is 18.5 Å². The van der Waals surface area contributed by atoms with E-state index < -0.39 is 11.9 Å². The Morgan fingerprint density at radius 2 is 1.93 bits per heavy atom.